The van der Waals surface area contributed by atoms with Crippen molar-refractivity contribution in [1.29, 1.82) is 0 Å². The Kier molecular flexibility index (Phi) is 3.46. The van der Waals surface area contributed by atoms with Crippen LogP contribution in [-0.4, -0.2) is 15.7 Å². The first-order chi connectivity index (χ1) is 8.65. The Hall–Kier alpha value is -2.10. The zero-order valence-electron chi connectivity index (χ0n) is 10.7. The third-order valence-electron chi connectivity index (χ3n) is 2.96. The van der Waals surface area contributed by atoms with Crippen LogP contribution in [0.15, 0.2) is 30.3 Å². The van der Waals surface area contributed by atoms with Crippen LogP contribution in [0.5, 0.6) is 0 Å². The summed E-state index contributed by atoms with van der Waals surface area (Å²) in [6.07, 6.45) is 1.87. The molecule has 0 aliphatic rings. The van der Waals surface area contributed by atoms with E-state index in [1.54, 1.807) is 0 Å². The Morgan fingerprint density at radius 1 is 1.33 bits per heavy atom. The van der Waals surface area contributed by atoms with E-state index in [4.69, 9.17) is 5.73 Å². The molecule has 0 atom stereocenters. The number of benzene rings is 1. The van der Waals surface area contributed by atoms with Gasteiger partial charge in [0.15, 0.2) is 5.69 Å². The van der Waals surface area contributed by atoms with Gasteiger partial charge in [0, 0.05) is 11.3 Å². The van der Waals surface area contributed by atoms with Gasteiger partial charge in [-0.05, 0) is 25.5 Å². The third kappa shape index (κ3) is 2.14. The summed E-state index contributed by atoms with van der Waals surface area (Å²) in [4.78, 5) is 11.4. The van der Waals surface area contributed by atoms with Crippen LogP contribution in [-0.2, 0) is 6.42 Å². The van der Waals surface area contributed by atoms with Crippen LogP contribution in [0.2, 0.25) is 0 Å². The van der Waals surface area contributed by atoms with Crippen molar-refractivity contribution in [3.8, 4) is 5.69 Å². The molecule has 2 N–H and O–H groups in total. The van der Waals surface area contributed by atoms with Crippen LogP contribution in [0.4, 0.5) is 0 Å². The lowest BCUT2D eigenvalue weighted by Crippen LogP contribution is -2.13. The summed E-state index contributed by atoms with van der Waals surface area (Å²) in [5.41, 5.74) is 8.61. The standard InChI is InChI=1S/C14H17N3O/c1-3-7-12-10(2)13(14(15)18)16-17(12)11-8-5-4-6-9-11/h4-6,8-9H,3,7H2,1-2H3,(H2,15,18). The van der Waals surface area contributed by atoms with Gasteiger partial charge in [0.25, 0.3) is 5.91 Å². The topological polar surface area (TPSA) is 60.9 Å². The molecule has 2 aromatic rings. The van der Waals surface area contributed by atoms with Gasteiger partial charge in [-0.2, -0.15) is 5.10 Å². The van der Waals surface area contributed by atoms with Crippen molar-refractivity contribution < 1.29 is 4.79 Å². The Morgan fingerprint density at radius 2 is 2.00 bits per heavy atom. The predicted octanol–water partition coefficient (Wildman–Crippen LogP) is 2.23. The zero-order valence-corrected chi connectivity index (χ0v) is 10.7. The van der Waals surface area contributed by atoms with Crippen LogP contribution >= 0.6 is 0 Å². The first-order valence-electron chi connectivity index (χ1n) is 6.08. The van der Waals surface area contributed by atoms with Crippen LogP contribution in [0.3, 0.4) is 0 Å². The summed E-state index contributed by atoms with van der Waals surface area (Å²) < 4.78 is 1.82. The maximum Gasteiger partial charge on any atom is 0.269 e. The summed E-state index contributed by atoms with van der Waals surface area (Å²) >= 11 is 0. The lowest BCUT2D eigenvalue weighted by Gasteiger charge is -2.06. The predicted molar refractivity (Wildman–Crippen MR) is 70.8 cm³/mol. The van der Waals surface area contributed by atoms with E-state index >= 15 is 0 Å². The second-order valence-electron chi connectivity index (χ2n) is 4.28. The Morgan fingerprint density at radius 3 is 2.56 bits per heavy atom. The molecule has 0 radical (unpaired) electrons. The molecule has 2 rings (SSSR count). The number of para-hydroxylation sites is 1. The van der Waals surface area contributed by atoms with Crippen molar-refractivity contribution in [2.24, 2.45) is 5.73 Å². The summed E-state index contributed by atoms with van der Waals surface area (Å²) in [7, 11) is 0. The van der Waals surface area contributed by atoms with Gasteiger partial charge in [-0.15, -0.1) is 0 Å². The lowest BCUT2D eigenvalue weighted by atomic mass is 10.1. The number of nitrogens with zero attached hydrogens (tertiary/aromatic N) is 2. The molecule has 0 saturated heterocycles. The van der Waals surface area contributed by atoms with Crippen molar-refractivity contribution in [3.63, 3.8) is 0 Å². The van der Waals surface area contributed by atoms with Gasteiger partial charge in [0.05, 0.1) is 5.69 Å². The first-order valence-corrected chi connectivity index (χ1v) is 6.08. The molecule has 0 bridgehead atoms. The highest BCUT2D eigenvalue weighted by atomic mass is 16.1. The number of aromatic nitrogens is 2. The van der Waals surface area contributed by atoms with E-state index in [-0.39, 0.29) is 0 Å². The molecule has 1 amide bonds. The Labute approximate surface area is 106 Å². The monoisotopic (exact) mass is 243 g/mol. The highest BCUT2D eigenvalue weighted by Gasteiger charge is 2.17. The van der Waals surface area contributed by atoms with E-state index < -0.39 is 5.91 Å². The second kappa shape index (κ2) is 5.04. The molecule has 1 aromatic heterocycles. The van der Waals surface area contributed by atoms with Crippen LogP contribution < -0.4 is 5.73 Å². The van der Waals surface area contributed by atoms with Gasteiger partial charge in [-0.25, -0.2) is 4.68 Å². The fourth-order valence-electron chi connectivity index (χ4n) is 2.08. The minimum absolute atomic E-state index is 0.363. The molecule has 0 unspecified atom stereocenters. The average molecular weight is 243 g/mol. The lowest BCUT2D eigenvalue weighted by molar-refractivity contribution is 0.0994. The van der Waals surface area contributed by atoms with Gasteiger partial charge >= 0.3 is 0 Å². The third-order valence-corrected chi connectivity index (χ3v) is 2.96. The Balaban J connectivity index is 2.59. The number of primary amides is 1. The van der Waals surface area contributed by atoms with E-state index in [2.05, 4.69) is 12.0 Å². The SMILES string of the molecule is CCCc1c(C)c(C(N)=O)nn1-c1ccccc1. The molecule has 18 heavy (non-hydrogen) atoms. The van der Waals surface area contributed by atoms with Gasteiger partial charge in [-0.1, -0.05) is 31.5 Å². The van der Waals surface area contributed by atoms with Gasteiger partial charge in [-0.3, -0.25) is 4.79 Å². The van der Waals surface area contributed by atoms with E-state index in [0.717, 1.165) is 29.8 Å². The molecule has 0 aliphatic heterocycles. The molecule has 1 aromatic carbocycles. The summed E-state index contributed by atoms with van der Waals surface area (Å²) in [6.45, 7) is 4.00. The summed E-state index contributed by atoms with van der Waals surface area (Å²) in [5, 5.41) is 4.34. The highest BCUT2D eigenvalue weighted by molar-refractivity contribution is 5.92. The zero-order chi connectivity index (χ0) is 13.1. The molecule has 4 heteroatoms. The number of nitrogens with two attached hydrogens (primary N) is 1. The average Bonchev–Trinajstić information content (AvgIpc) is 2.69. The van der Waals surface area contributed by atoms with E-state index in [0.29, 0.717) is 5.69 Å². The Bertz CT molecular complexity index is 558. The van der Waals surface area contributed by atoms with Crippen LogP contribution in [0.25, 0.3) is 5.69 Å². The van der Waals surface area contributed by atoms with Gasteiger partial charge in [0.1, 0.15) is 0 Å². The van der Waals surface area contributed by atoms with Crippen molar-refractivity contribution in [3.05, 3.63) is 47.3 Å². The molecular formula is C14H17N3O. The minimum Gasteiger partial charge on any atom is -0.364 e. The molecule has 0 saturated carbocycles. The fourth-order valence-corrected chi connectivity index (χ4v) is 2.08. The van der Waals surface area contributed by atoms with Gasteiger partial charge in [0.2, 0.25) is 0 Å². The number of hydrogen-bond donors (Lipinski definition) is 1. The number of carbonyl (C=O) groups is 1. The highest BCUT2D eigenvalue weighted by Crippen LogP contribution is 2.19. The fraction of sp³-hybridized carbons (Fsp3) is 0.286. The smallest absolute Gasteiger partial charge is 0.269 e. The van der Waals surface area contributed by atoms with E-state index in [1.807, 2.05) is 41.9 Å². The maximum atomic E-state index is 11.4. The van der Waals surface area contributed by atoms with Crippen molar-refractivity contribution in [2.45, 2.75) is 26.7 Å². The van der Waals surface area contributed by atoms with Gasteiger partial charge < -0.3 is 5.73 Å². The van der Waals surface area contributed by atoms with Crippen molar-refractivity contribution in [2.75, 3.05) is 0 Å². The van der Waals surface area contributed by atoms with Crippen molar-refractivity contribution in [1.82, 2.24) is 9.78 Å². The summed E-state index contributed by atoms with van der Waals surface area (Å²) in [6, 6.07) is 9.79. The quantitative estimate of drug-likeness (QED) is 0.895. The van der Waals surface area contributed by atoms with E-state index in [9.17, 15) is 4.79 Å². The molecule has 94 valence electrons. The molecule has 0 spiro atoms. The molecule has 1 heterocycles. The summed E-state index contributed by atoms with van der Waals surface area (Å²) in [5.74, 6) is -0.473. The minimum atomic E-state index is -0.473. The van der Waals surface area contributed by atoms with Crippen LogP contribution in [0, 0.1) is 6.92 Å². The molecule has 0 fully saturated rings. The maximum absolute atomic E-state index is 11.4. The number of amides is 1. The molecule has 4 nitrogen and oxygen atoms in total. The normalized spacial score (nSPS) is 10.6. The number of rotatable bonds is 4. The molecule has 0 aliphatic carbocycles. The number of carbonyl (C=O) groups excluding carboxylic acids is 1. The van der Waals surface area contributed by atoms with Crippen LogP contribution in [0.1, 0.15) is 35.1 Å². The first kappa shape index (κ1) is 12.4. The molecular weight excluding hydrogens is 226 g/mol. The number of hydrogen-bond acceptors (Lipinski definition) is 2. The van der Waals surface area contributed by atoms with Crippen molar-refractivity contribution >= 4 is 5.91 Å². The van der Waals surface area contributed by atoms with E-state index in [1.165, 1.54) is 0 Å². The second-order valence-corrected chi connectivity index (χ2v) is 4.28. The largest absolute Gasteiger partial charge is 0.364 e.